The van der Waals surface area contributed by atoms with Gasteiger partial charge in [0.2, 0.25) is 11.8 Å². The Kier molecular flexibility index (Phi) is 10.5. The van der Waals surface area contributed by atoms with Crippen molar-refractivity contribution in [2.45, 2.75) is 42.7 Å². The van der Waals surface area contributed by atoms with E-state index in [1.54, 1.807) is 7.11 Å². The Morgan fingerprint density at radius 3 is 2.47 bits per heavy atom. The molecule has 1 heterocycles. The van der Waals surface area contributed by atoms with E-state index in [2.05, 4.69) is 24.7 Å². The van der Waals surface area contributed by atoms with Crippen LogP contribution < -0.4 is 16.4 Å². The number of piperidine rings is 1. The first-order chi connectivity index (χ1) is 13.9. The molecule has 0 saturated carbocycles. The number of hydrogen-bond donors (Lipinski definition) is 5. The normalized spacial score (nSPS) is 22.5. The Balaban J connectivity index is 2.70. The fourth-order valence-corrected chi connectivity index (χ4v) is 4.85. The molecule has 4 atom stereocenters. The fourth-order valence-electron chi connectivity index (χ4n) is 3.29. The minimum absolute atomic E-state index is 0.0679. The molecular weight excluding hydrogens is 416 g/mol. The van der Waals surface area contributed by atoms with Crippen molar-refractivity contribution in [3.05, 3.63) is 0 Å². The first kappa shape index (κ1) is 26.1. The third-order valence-electron chi connectivity index (χ3n) is 4.82. The monoisotopic (exact) mass is 449 g/mol. The third kappa shape index (κ3) is 9.74. The van der Waals surface area contributed by atoms with Gasteiger partial charge in [0.15, 0.2) is 0 Å². The summed E-state index contributed by atoms with van der Waals surface area (Å²) in [6, 6.07) is -2.11. The van der Waals surface area contributed by atoms with Crippen LogP contribution >= 0.6 is 11.8 Å². The van der Waals surface area contributed by atoms with Crippen LogP contribution in [0.25, 0.3) is 0 Å². The van der Waals surface area contributed by atoms with Gasteiger partial charge in [0, 0.05) is 19.3 Å². The molecule has 1 saturated heterocycles. The van der Waals surface area contributed by atoms with Gasteiger partial charge in [-0.1, -0.05) is 0 Å². The maximum absolute atomic E-state index is 12.4. The van der Waals surface area contributed by atoms with Crippen molar-refractivity contribution in [3.8, 4) is 0 Å². The van der Waals surface area contributed by atoms with Gasteiger partial charge in [-0.2, -0.15) is 0 Å². The molecule has 30 heavy (non-hydrogen) atoms. The number of nitrogens with one attached hydrogen (secondary N) is 2. The average molecular weight is 450 g/mol. The number of carboxylic acids is 2. The number of carbonyl (C=O) groups excluding carboxylic acids is 2. The number of ether oxygens (including phenoxy) is 1. The number of quaternary nitrogens is 1. The summed E-state index contributed by atoms with van der Waals surface area (Å²) >= 11 is 1.52. The van der Waals surface area contributed by atoms with Gasteiger partial charge in [0.1, 0.15) is 31.3 Å². The third-order valence-corrected chi connectivity index (χ3v) is 6.16. The number of hydrogen-bond acceptors (Lipinski definition) is 7. The van der Waals surface area contributed by atoms with Gasteiger partial charge in [-0.3, -0.25) is 19.2 Å². The molecule has 6 N–H and O–H groups in total. The van der Waals surface area contributed by atoms with Gasteiger partial charge < -0.3 is 35.8 Å². The summed E-state index contributed by atoms with van der Waals surface area (Å²) in [7, 11) is 5.87. The van der Waals surface area contributed by atoms with Crippen molar-refractivity contribution in [1.29, 1.82) is 0 Å². The summed E-state index contributed by atoms with van der Waals surface area (Å²) in [5, 5.41) is 22.6. The number of nitrogens with two attached hydrogens (primary N) is 1. The molecule has 1 rings (SSSR count). The van der Waals surface area contributed by atoms with Crippen LogP contribution in [0.3, 0.4) is 0 Å². The number of aliphatic carboxylic acids is 2. The second-order valence-corrected chi connectivity index (χ2v) is 9.40. The molecule has 4 unspecified atom stereocenters. The highest BCUT2D eigenvalue weighted by atomic mass is 32.2. The lowest BCUT2D eigenvalue weighted by atomic mass is 10.1. The van der Waals surface area contributed by atoms with Gasteiger partial charge in [-0.15, -0.1) is 11.8 Å². The van der Waals surface area contributed by atoms with Crippen LogP contribution in [-0.2, 0) is 23.9 Å². The Bertz CT molecular complexity index is 632. The van der Waals surface area contributed by atoms with Crippen LogP contribution in [0.5, 0.6) is 0 Å². The zero-order valence-electron chi connectivity index (χ0n) is 17.6. The fraction of sp³-hybridized carbons (Fsp3) is 0.778. The number of carbonyl (C=O) groups is 4. The summed E-state index contributed by atoms with van der Waals surface area (Å²) in [4.78, 5) is 46.1. The van der Waals surface area contributed by atoms with E-state index < -0.39 is 42.4 Å². The van der Waals surface area contributed by atoms with Crippen LogP contribution in [0.2, 0.25) is 0 Å². The molecule has 0 bridgehead atoms. The predicted molar refractivity (Wildman–Crippen MR) is 111 cm³/mol. The van der Waals surface area contributed by atoms with Gasteiger partial charge in [-0.25, -0.2) is 0 Å². The van der Waals surface area contributed by atoms with E-state index in [1.807, 2.05) is 0 Å². The topological polar surface area (TPSA) is 168 Å². The van der Waals surface area contributed by atoms with Crippen molar-refractivity contribution in [2.24, 2.45) is 5.73 Å². The van der Waals surface area contributed by atoms with Crippen molar-refractivity contribution >= 4 is 35.5 Å². The lowest BCUT2D eigenvalue weighted by Gasteiger charge is -2.41. The Morgan fingerprint density at radius 2 is 1.90 bits per heavy atom. The number of likely N-dealkylation sites (N-methyl/N-ethyl adjacent to an activating group) is 1. The molecule has 11 nitrogen and oxygen atoms in total. The van der Waals surface area contributed by atoms with Crippen molar-refractivity contribution in [2.75, 3.05) is 46.6 Å². The summed E-state index contributed by atoms with van der Waals surface area (Å²) in [6.07, 6.45) is 0.688. The molecule has 0 spiro atoms. The molecule has 172 valence electrons. The SMILES string of the molecule is COC1CC(SCC(NC(=O)CCC(N)C(=O)O)C(=O)NCC(=O)O)C[N+](C)(C)C1. The molecule has 0 aromatic rings. The van der Waals surface area contributed by atoms with E-state index in [-0.39, 0.29) is 29.9 Å². The maximum atomic E-state index is 12.4. The molecule has 0 aliphatic carbocycles. The largest absolute Gasteiger partial charge is 0.480 e. The van der Waals surface area contributed by atoms with E-state index in [4.69, 9.17) is 20.7 Å². The number of carboxylic acid groups (broad SMARTS) is 2. The summed E-state index contributed by atoms with van der Waals surface area (Å²) in [5.74, 6) is -3.27. The minimum Gasteiger partial charge on any atom is -0.480 e. The Hall–Kier alpha value is -1.89. The number of thioether (sulfide) groups is 1. The Labute approximate surface area is 180 Å². The summed E-state index contributed by atoms with van der Waals surface area (Å²) in [6.45, 7) is 1.20. The molecule has 1 fully saturated rings. The van der Waals surface area contributed by atoms with E-state index in [0.717, 1.165) is 24.0 Å². The number of likely N-dealkylation sites (tertiary alicyclic amines) is 1. The highest BCUT2D eigenvalue weighted by molar-refractivity contribution is 8.00. The molecule has 12 heteroatoms. The molecule has 2 amide bonds. The molecule has 0 radical (unpaired) electrons. The number of nitrogens with zero attached hydrogens (tertiary/aromatic N) is 1. The zero-order chi connectivity index (χ0) is 22.9. The minimum atomic E-state index is -1.21. The van der Waals surface area contributed by atoms with Crippen LogP contribution in [-0.4, -0.2) is 108 Å². The lowest BCUT2D eigenvalue weighted by molar-refractivity contribution is -0.897. The van der Waals surface area contributed by atoms with Crippen molar-refractivity contribution < 1.29 is 38.6 Å². The smallest absolute Gasteiger partial charge is 0.322 e. The van der Waals surface area contributed by atoms with Crippen molar-refractivity contribution in [1.82, 2.24) is 10.6 Å². The predicted octanol–water partition coefficient (Wildman–Crippen LogP) is -1.54. The molecule has 0 aromatic carbocycles. The standard InChI is InChI=1S/C18H32N4O7S/c1-22(2)8-11(29-3)6-12(9-22)30-10-14(17(26)20-7-16(24)25)21-15(23)5-4-13(19)18(27)28/h11-14H,4-10,19H2,1-3H3,(H3-,20,21,23,24,25,26,27,28)/p+1. The highest BCUT2D eigenvalue weighted by Crippen LogP contribution is 2.27. The molecular formula is C18H33N4O7S+. The van der Waals surface area contributed by atoms with Gasteiger partial charge in [-0.05, 0) is 12.8 Å². The second-order valence-electron chi connectivity index (χ2n) is 8.06. The first-order valence-electron chi connectivity index (χ1n) is 9.67. The van der Waals surface area contributed by atoms with Crippen molar-refractivity contribution in [3.63, 3.8) is 0 Å². The quantitative estimate of drug-likeness (QED) is 0.222. The highest BCUT2D eigenvalue weighted by Gasteiger charge is 2.35. The van der Waals surface area contributed by atoms with E-state index in [0.29, 0.717) is 0 Å². The molecule has 1 aliphatic rings. The average Bonchev–Trinajstić information content (AvgIpc) is 2.65. The lowest BCUT2D eigenvalue weighted by Crippen LogP contribution is -2.55. The zero-order valence-corrected chi connectivity index (χ0v) is 18.4. The maximum Gasteiger partial charge on any atom is 0.322 e. The van der Waals surface area contributed by atoms with Crippen LogP contribution in [0, 0.1) is 0 Å². The van der Waals surface area contributed by atoms with E-state index in [1.165, 1.54) is 11.8 Å². The van der Waals surface area contributed by atoms with Gasteiger partial charge >= 0.3 is 11.9 Å². The number of amides is 2. The van der Waals surface area contributed by atoms with Gasteiger partial charge in [0.25, 0.3) is 0 Å². The van der Waals surface area contributed by atoms with E-state index >= 15 is 0 Å². The summed E-state index contributed by atoms with van der Waals surface area (Å²) < 4.78 is 6.28. The number of rotatable bonds is 12. The second kappa shape index (κ2) is 12.1. The number of methoxy groups -OCH3 is 1. The van der Waals surface area contributed by atoms with Crippen LogP contribution in [0.1, 0.15) is 19.3 Å². The first-order valence-corrected chi connectivity index (χ1v) is 10.7. The molecule has 1 aliphatic heterocycles. The van der Waals surface area contributed by atoms with E-state index in [9.17, 15) is 19.2 Å². The van der Waals surface area contributed by atoms with Gasteiger partial charge in [0.05, 0.1) is 25.9 Å². The summed E-state index contributed by atoms with van der Waals surface area (Å²) in [5.41, 5.74) is 5.40. The molecule has 0 aromatic heterocycles. The Morgan fingerprint density at radius 1 is 1.23 bits per heavy atom. The van der Waals surface area contributed by atoms with Crippen LogP contribution in [0.15, 0.2) is 0 Å². The van der Waals surface area contributed by atoms with Crippen LogP contribution in [0.4, 0.5) is 0 Å².